The highest BCUT2D eigenvalue weighted by Gasteiger charge is 2.01. The third-order valence-corrected chi connectivity index (χ3v) is 2.73. The fourth-order valence-corrected chi connectivity index (χ4v) is 1.78. The molecule has 0 unspecified atom stereocenters. The topological polar surface area (TPSA) is 54.5 Å². The van der Waals surface area contributed by atoms with Crippen molar-refractivity contribution >= 4 is 11.2 Å². The number of unbranched alkanes of at least 4 members (excludes halogenated alkanes) is 4. The van der Waals surface area contributed by atoms with Crippen LogP contribution in [0.3, 0.4) is 0 Å². The number of rotatable bonds is 6. The van der Waals surface area contributed by atoms with Gasteiger partial charge in [-0.3, -0.25) is 0 Å². The van der Waals surface area contributed by atoms with Crippen molar-refractivity contribution in [3.63, 3.8) is 0 Å². The van der Waals surface area contributed by atoms with Crippen molar-refractivity contribution in [2.45, 2.75) is 45.4 Å². The van der Waals surface area contributed by atoms with Gasteiger partial charge in [-0.15, -0.1) is 0 Å². The zero-order valence-corrected chi connectivity index (χ0v) is 9.74. The van der Waals surface area contributed by atoms with Crippen molar-refractivity contribution < 1.29 is 0 Å². The third-order valence-electron chi connectivity index (χ3n) is 2.73. The van der Waals surface area contributed by atoms with E-state index >= 15 is 0 Å². The van der Waals surface area contributed by atoms with Crippen LogP contribution in [-0.2, 0) is 6.42 Å². The van der Waals surface area contributed by atoms with Crippen LogP contribution in [0.25, 0.3) is 11.2 Å². The molecule has 0 atom stereocenters. The lowest BCUT2D eigenvalue weighted by atomic mass is 10.1. The molecule has 2 rings (SSSR count). The predicted molar refractivity (Wildman–Crippen MR) is 64.1 cm³/mol. The first-order chi connectivity index (χ1) is 7.90. The maximum Gasteiger partial charge on any atom is 0.180 e. The summed E-state index contributed by atoms with van der Waals surface area (Å²) in [4.78, 5) is 15.8. The smallest absolute Gasteiger partial charge is 0.180 e. The standard InChI is InChI=1S/C12H18N4/c1-2-3-4-5-6-7-11-13-8-10-12(16-11)15-9-14-10/h8-9H,2-7H2,1H3,(H,13,14,15,16). The van der Waals surface area contributed by atoms with Crippen LogP contribution in [0.4, 0.5) is 0 Å². The summed E-state index contributed by atoms with van der Waals surface area (Å²) in [5.41, 5.74) is 1.69. The average Bonchev–Trinajstić information content (AvgIpc) is 2.76. The summed E-state index contributed by atoms with van der Waals surface area (Å²) in [6, 6.07) is 0. The zero-order valence-electron chi connectivity index (χ0n) is 9.74. The van der Waals surface area contributed by atoms with Gasteiger partial charge in [0.1, 0.15) is 11.3 Å². The quantitative estimate of drug-likeness (QED) is 0.758. The molecule has 0 bridgehead atoms. The van der Waals surface area contributed by atoms with Gasteiger partial charge >= 0.3 is 0 Å². The van der Waals surface area contributed by atoms with E-state index in [1.807, 2.05) is 6.20 Å². The molecule has 2 heterocycles. The van der Waals surface area contributed by atoms with E-state index in [0.29, 0.717) is 0 Å². The van der Waals surface area contributed by atoms with E-state index in [0.717, 1.165) is 23.4 Å². The van der Waals surface area contributed by atoms with E-state index in [2.05, 4.69) is 26.9 Å². The van der Waals surface area contributed by atoms with Gasteiger partial charge in [-0.05, 0) is 6.42 Å². The van der Waals surface area contributed by atoms with Gasteiger partial charge in [0.2, 0.25) is 0 Å². The Morgan fingerprint density at radius 3 is 2.88 bits per heavy atom. The van der Waals surface area contributed by atoms with Gasteiger partial charge in [-0.2, -0.15) is 0 Å². The molecule has 0 radical (unpaired) electrons. The molecule has 0 aliphatic rings. The molecule has 2 aromatic heterocycles. The molecule has 0 fully saturated rings. The summed E-state index contributed by atoms with van der Waals surface area (Å²) in [5.74, 6) is 0.913. The van der Waals surface area contributed by atoms with Crippen LogP contribution in [0.5, 0.6) is 0 Å². The van der Waals surface area contributed by atoms with Crippen molar-refractivity contribution in [1.82, 2.24) is 19.9 Å². The molecule has 86 valence electrons. The molecular weight excluding hydrogens is 200 g/mol. The number of hydrogen-bond acceptors (Lipinski definition) is 3. The largest absolute Gasteiger partial charge is 0.342 e. The lowest BCUT2D eigenvalue weighted by molar-refractivity contribution is 0.623. The van der Waals surface area contributed by atoms with Gasteiger partial charge in [0, 0.05) is 6.42 Å². The minimum absolute atomic E-state index is 0.776. The SMILES string of the molecule is CCCCCCCc1ncc2[nH]cnc2n1. The van der Waals surface area contributed by atoms with Gasteiger partial charge in [0.25, 0.3) is 0 Å². The monoisotopic (exact) mass is 218 g/mol. The lowest BCUT2D eigenvalue weighted by Crippen LogP contribution is -1.95. The Hall–Kier alpha value is -1.45. The number of aromatic amines is 1. The van der Waals surface area contributed by atoms with E-state index in [-0.39, 0.29) is 0 Å². The number of nitrogens with one attached hydrogen (secondary N) is 1. The van der Waals surface area contributed by atoms with Crippen molar-refractivity contribution in [3.05, 3.63) is 18.3 Å². The summed E-state index contributed by atoms with van der Waals surface area (Å²) >= 11 is 0. The van der Waals surface area contributed by atoms with Crippen LogP contribution in [0.1, 0.15) is 44.9 Å². The van der Waals surface area contributed by atoms with Crippen molar-refractivity contribution in [2.24, 2.45) is 0 Å². The van der Waals surface area contributed by atoms with E-state index in [1.165, 1.54) is 32.1 Å². The van der Waals surface area contributed by atoms with Crippen LogP contribution >= 0.6 is 0 Å². The number of hydrogen-bond donors (Lipinski definition) is 1. The second-order valence-corrected chi connectivity index (χ2v) is 4.09. The predicted octanol–water partition coefficient (Wildman–Crippen LogP) is 2.87. The van der Waals surface area contributed by atoms with E-state index in [1.54, 1.807) is 6.33 Å². The second kappa shape index (κ2) is 5.58. The summed E-state index contributed by atoms with van der Waals surface area (Å²) in [5, 5.41) is 0. The molecule has 0 spiro atoms. The number of fused-ring (bicyclic) bond motifs is 1. The molecule has 1 N–H and O–H groups in total. The third kappa shape index (κ3) is 2.78. The summed E-state index contributed by atoms with van der Waals surface area (Å²) in [6.45, 7) is 2.23. The summed E-state index contributed by atoms with van der Waals surface area (Å²) in [7, 11) is 0. The first-order valence-corrected chi connectivity index (χ1v) is 6.05. The highest BCUT2D eigenvalue weighted by atomic mass is 15.0. The first kappa shape index (κ1) is 11.0. The minimum Gasteiger partial charge on any atom is -0.342 e. The first-order valence-electron chi connectivity index (χ1n) is 6.05. The Bertz CT molecular complexity index is 435. The molecule has 16 heavy (non-hydrogen) atoms. The zero-order chi connectivity index (χ0) is 11.2. The summed E-state index contributed by atoms with van der Waals surface area (Å²) < 4.78 is 0. The molecule has 0 aliphatic heterocycles. The molecule has 2 aromatic rings. The Labute approximate surface area is 95.5 Å². The number of H-pyrrole nitrogens is 1. The van der Waals surface area contributed by atoms with E-state index < -0.39 is 0 Å². The molecule has 0 saturated carbocycles. The van der Waals surface area contributed by atoms with E-state index in [9.17, 15) is 0 Å². The average molecular weight is 218 g/mol. The molecule has 0 aromatic carbocycles. The van der Waals surface area contributed by atoms with Crippen LogP contribution < -0.4 is 0 Å². The molecule has 4 heteroatoms. The van der Waals surface area contributed by atoms with E-state index in [4.69, 9.17) is 0 Å². The number of aryl methyl sites for hydroxylation is 1. The van der Waals surface area contributed by atoms with Crippen LogP contribution in [0.2, 0.25) is 0 Å². The fourth-order valence-electron chi connectivity index (χ4n) is 1.78. The molecule has 0 amide bonds. The van der Waals surface area contributed by atoms with Crippen LogP contribution in [-0.4, -0.2) is 19.9 Å². The van der Waals surface area contributed by atoms with Gasteiger partial charge < -0.3 is 4.98 Å². The van der Waals surface area contributed by atoms with Crippen LogP contribution in [0, 0.1) is 0 Å². The number of nitrogens with zero attached hydrogens (tertiary/aromatic N) is 3. The maximum atomic E-state index is 4.40. The van der Waals surface area contributed by atoms with Crippen LogP contribution in [0.15, 0.2) is 12.5 Å². The maximum absolute atomic E-state index is 4.40. The van der Waals surface area contributed by atoms with Crippen molar-refractivity contribution in [1.29, 1.82) is 0 Å². The van der Waals surface area contributed by atoms with Gasteiger partial charge in [0.05, 0.1) is 12.5 Å². The van der Waals surface area contributed by atoms with Gasteiger partial charge in [-0.25, -0.2) is 15.0 Å². The number of aromatic nitrogens is 4. The van der Waals surface area contributed by atoms with Gasteiger partial charge in [0.15, 0.2) is 5.65 Å². The normalized spacial score (nSPS) is 11.1. The highest BCUT2D eigenvalue weighted by Crippen LogP contribution is 2.08. The summed E-state index contributed by atoms with van der Waals surface area (Å²) in [6.07, 6.45) is 10.8. The van der Waals surface area contributed by atoms with Gasteiger partial charge in [-0.1, -0.05) is 32.6 Å². The van der Waals surface area contributed by atoms with Crippen molar-refractivity contribution in [2.75, 3.05) is 0 Å². The fraction of sp³-hybridized carbons (Fsp3) is 0.583. The Kier molecular flexibility index (Phi) is 3.86. The molecule has 4 nitrogen and oxygen atoms in total. The molecule has 0 aliphatic carbocycles. The Balaban J connectivity index is 1.84. The highest BCUT2D eigenvalue weighted by molar-refractivity contribution is 5.67. The van der Waals surface area contributed by atoms with Crippen molar-refractivity contribution in [3.8, 4) is 0 Å². The Morgan fingerprint density at radius 1 is 1.12 bits per heavy atom. The second-order valence-electron chi connectivity index (χ2n) is 4.09. The molecule has 0 saturated heterocycles. The lowest BCUT2D eigenvalue weighted by Gasteiger charge is -1.99. The Morgan fingerprint density at radius 2 is 2.00 bits per heavy atom. The number of imidazole rings is 1. The molecular formula is C12H18N4. The minimum atomic E-state index is 0.776.